The van der Waals surface area contributed by atoms with Crippen molar-refractivity contribution in [3.05, 3.63) is 115 Å². The molecule has 1 aliphatic rings. The summed E-state index contributed by atoms with van der Waals surface area (Å²) in [6.45, 7) is 12.8. The summed E-state index contributed by atoms with van der Waals surface area (Å²) >= 11 is 0. The fourth-order valence-electron chi connectivity index (χ4n) is 5.75. The second kappa shape index (κ2) is 11.5. The van der Waals surface area contributed by atoms with E-state index in [1.807, 2.05) is 47.5 Å². The second-order valence-electron chi connectivity index (χ2n) is 13.4. The second-order valence-corrected chi connectivity index (χ2v) is 18.5. The first-order valence-electron chi connectivity index (χ1n) is 16.4. The molecule has 0 radical (unpaired) electrons. The van der Waals surface area contributed by atoms with E-state index in [-0.39, 0.29) is 26.5 Å². The zero-order chi connectivity index (χ0) is 33.3. The van der Waals surface area contributed by atoms with Crippen LogP contribution in [0, 0.1) is 18.8 Å². The van der Waals surface area contributed by atoms with Crippen molar-refractivity contribution in [3.8, 4) is 17.3 Å². The van der Waals surface area contributed by atoms with Gasteiger partial charge in [-0.3, -0.25) is 0 Å². The molecule has 45 heavy (non-hydrogen) atoms. The molecule has 0 bridgehead atoms. The van der Waals surface area contributed by atoms with Crippen molar-refractivity contribution >= 4 is 52.1 Å². The Labute approximate surface area is 286 Å². The van der Waals surface area contributed by atoms with Gasteiger partial charge in [0, 0.05) is 59.8 Å². The molecule has 0 saturated carbocycles. The van der Waals surface area contributed by atoms with Crippen molar-refractivity contribution < 1.29 is 29.9 Å². The van der Waals surface area contributed by atoms with Crippen LogP contribution in [0.15, 0.2) is 91.1 Å². The van der Waals surface area contributed by atoms with Gasteiger partial charge in [0.15, 0.2) is 0 Å². The average molecular weight is 792 g/mol. The predicted molar refractivity (Wildman–Crippen MR) is 186 cm³/mol. The molecule has 0 spiro atoms. The van der Waals surface area contributed by atoms with Crippen molar-refractivity contribution in [3.63, 3.8) is 0 Å². The van der Waals surface area contributed by atoms with E-state index < -0.39 is 15.0 Å². The van der Waals surface area contributed by atoms with E-state index in [1.165, 1.54) is 10.5 Å². The van der Waals surface area contributed by atoms with Gasteiger partial charge in [0.05, 0.1) is 8.07 Å². The molecule has 0 N–H and O–H groups in total. The van der Waals surface area contributed by atoms with E-state index in [4.69, 9.17) is 13.8 Å². The van der Waals surface area contributed by atoms with Gasteiger partial charge in [-0.1, -0.05) is 76.3 Å². The number of anilines is 3. The fraction of sp³-hybridized carbons (Fsp3) is 0.211. The number of nitrogens with zero attached hydrogens (tertiary/aromatic N) is 4. The summed E-state index contributed by atoms with van der Waals surface area (Å²) < 4.78 is 33.1. The van der Waals surface area contributed by atoms with E-state index in [0.29, 0.717) is 17.2 Å². The van der Waals surface area contributed by atoms with Gasteiger partial charge in [0.25, 0.3) is 0 Å². The Morgan fingerprint density at radius 1 is 0.844 bits per heavy atom. The van der Waals surface area contributed by atoms with Gasteiger partial charge in [0.2, 0.25) is 0 Å². The first-order valence-corrected chi connectivity index (χ1v) is 18.4. The maximum absolute atomic E-state index is 8.14. The minimum atomic E-state index is -2.33. The standard InChI is InChI=1S/C38H37N4OSi.Pt/c1-38(2,3)26-18-19-39-37(20-26)42-33-13-9-8-12-31(33)32-17-16-28(24-36(32)42)43-29-21-27(22-30(23-29)44(5,6)7)41-25-40(4)34-14-10-11-15-35(34)41;/h8-20,22-23,25H,1-7H3;/q-3;/i4D3;. The maximum Gasteiger partial charge on any atom is 0.135 e. The number of ether oxygens (including phenoxy) is 1. The van der Waals surface area contributed by atoms with Gasteiger partial charge < -0.3 is 19.1 Å². The van der Waals surface area contributed by atoms with Crippen LogP contribution in [0.1, 0.15) is 30.4 Å². The van der Waals surface area contributed by atoms with Gasteiger partial charge in [-0.05, 0) is 53.7 Å². The molecule has 0 atom stereocenters. The number of fused-ring (bicyclic) bond motifs is 4. The smallest absolute Gasteiger partial charge is 0.135 e. The minimum absolute atomic E-state index is 0. The van der Waals surface area contributed by atoms with Crippen LogP contribution in [-0.2, 0) is 26.5 Å². The third-order valence-electron chi connectivity index (χ3n) is 8.20. The Hall–Kier alpha value is -3.86. The maximum atomic E-state index is 8.14. The van der Waals surface area contributed by atoms with E-state index >= 15 is 0 Å². The molecule has 0 aliphatic carbocycles. The Kier molecular flexibility index (Phi) is 7.01. The van der Waals surface area contributed by atoms with Gasteiger partial charge in [-0.25, -0.2) is 4.98 Å². The first kappa shape index (κ1) is 27.4. The van der Waals surface area contributed by atoms with Crippen LogP contribution in [0.3, 0.4) is 0 Å². The molecule has 7 heteroatoms. The predicted octanol–water partition coefficient (Wildman–Crippen LogP) is 9.12. The molecule has 2 aromatic heterocycles. The van der Waals surface area contributed by atoms with Gasteiger partial charge in [-0.15, -0.1) is 35.3 Å². The normalized spacial score (nSPS) is 14.6. The number of benzene rings is 4. The zero-order valence-electron chi connectivity index (χ0n) is 29.3. The van der Waals surface area contributed by atoms with E-state index in [1.54, 1.807) is 6.67 Å². The first-order chi connectivity index (χ1) is 22.2. The molecule has 7 rings (SSSR count). The summed E-state index contributed by atoms with van der Waals surface area (Å²) in [6.07, 6.45) is 1.87. The molecule has 1 aliphatic heterocycles. The third kappa shape index (κ3) is 5.71. The molecule has 232 valence electrons. The Balaban J connectivity index is 0.00000401. The molecule has 0 saturated heterocycles. The van der Waals surface area contributed by atoms with E-state index in [2.05, 4.69) is 106 Å². The Morgan fingerprint density at radius 2 is 1.60 bits per heavy atom. The number of rotatable bonds is 5. The Bertz CT molecular complexity index is 2150. The Morgan fingerprint density at radius 3 is 2.36 bits per heavy atom. The third-order valence-corrected chi connectivity index (χ3v) is 10.2. The summed E-state index contributed by atoms with van der Waals surface area (Å²) in [5, 5.41) is 3.34. The van der Waals surface area contributed by atoms with Gasteiger partial charge >= 0.3 is 0 Å². The number of pyridine rings is 1. The number of para-hydroxylation sites is 3. The molecule has 0 fully saturated rings. The van der Waals surface area contributed by atoms with Crippen LogP contribution in [0.5, 0.6) is 11.5 Å². The molecule has 5 nitrogen and oxygen atoms in total. The van der Waals surface area contributed by atoms with Gasteiger partial charge in [0.1, 0.15) is 5.82 Å². The SMILES string of the molecule is [2H]C([2H])([2H])N1[CH-]N(c2[c-]c(Oc3[c-]c4c(cc3)c3ccccc3n4-c3cc(C(C)(C)C)ccn3)cc([Si](C)(C)C)c2)c2ccccc21.[Pt]. The van der Waals surface area contributed by atoms with Gasteiger partial charge in [-0.2, -0.15) is 24.0 Å². The summed E-state index contributed by atoms with van der Waals surface area (Å²) in [6, 6.07) is 35.3. The molecular formula is C38H37N4OPtSi-3. The average Bonchev–Trinajstić information content (AvgIpc) is 3.57. The quantitative estimate of drug-likeness (QED) is 0.129. The van der Waals surface area contributed by atoms with Crippen molar-refractivity contribution in [2.75, 3.05) is 16.8 Å². The largest absolute Gasteiger partial charge is 0.509 e. The molecule has 6 aromatic rings. The van der Waals surface area contributed by atoms with E-state index in [0.717, 1.165) is 44.2 Å². The monoisotopic (exact) mass is 791 g/mol. The summed E-state index contributed by atoms with van der Waals surface area (Å²) in [5.74, 6) is 1.93. The number of aromatic nitrogens is 2. The van der Waals surface area contributed by atoms with Crippen LogP contribution >= 0.6 is 0 Å². The summed E-state index contributed by atoms with van der Waals surface area (Å²) in [7, 11) is -1.84. The van der Waals surface area contributed by atoms with Crippen LogP contribution in [-0.4, -0.2) is 24.6 Å². The molecule has 0 unspecified atom stereocenters. The van der Waals surface area contributed by atoms with Crippen molar-refractivity contribution in [1.82, 2.24) is 9.55 Å². The number of hydrogen-bond donors (Lipinski definition) is 0. The van der Waals surface area contributed by atoms with Crippen molar-refractivity contribution in [2.24, 2.45) is 0 Å². The molecule has 4 aromatic carbocycles. The van der Waals surface area contributed by atoms with Crippen molar-refractivity contribution in [2.45, 2.75) is 45.8 Å². The van der Waals surface area contributed by atoms with Crippen LogP contribution in [0.4, 0.5) is 17.1 Å². The minimum Gasteiger partial charge on any atom is -0.509 e. The topological polar surface area (TPSA) is 33.5 Å². The van der Waals surface area contributed by atoms with E-state index in [9.17, 15) is 0 Å². The van der Waals surface area contributed by atoms with Crippen LogP contribution < -0.4 is 19.7 Å². The summed E-state index contributed by atoms with van der Waals surface area (Å²) in [5.41, 5.74) is 5.21. The molecule has 3 heterocycles. The molecular weight excluding hydrogens is 752 g/mol. The molecule has 0 amide bonds. The van der Waals surface area contributed by atoms with Crippen LogP contribution in [0.2, 0.25) is 19.6 Å². The van der Waals surface area contributed by atoms with Crippen LogP contribution in [0.25, 0.3) is 27.6 Å². The summed E-state index contributed by atoms with van der Waals surface area (Å²) in [4.78, 5) is 8.01. The number of hydrogen-bond acceptors (Lipinski definition) is 4. The zero-order valence-corrected chi connectivity index (χ0v) is 29.5. The van der Waals surface area contributed by atoms with Crippen molar-refractivity contribution in [1.29, 1.82) is 0 Å². The fourth-order valence-corrected chi connectivity index (χ4v) is 6.88.